The molecule has 0 radical (unpaired) electrons. The van der Waals surface area contributed by atoms with Gasteiger partial charge in [0.15, 0.2) is 0 Å². The van der Waals surface area contributed by atoms with Crippen LogP contribution in [0.5, 0.6) is 0 Å². The lowest BCUT2D eigenvalue weighted by molar-refractivity contribution is -0.132. The van der Waals surface area contributed by atoms with E-state index in [0.717, 1.165) is 38.0 Å². The Kier molecular flexibility index (Phi) is 5.37. The number of rotatable bonds is 4. The Morgan fingerprint density at radius 1 is 1.33 bits per heavy atom. The van der Waals surface area contributed by atoms with Crippen molar-refractivity contribution in [3.63, 3.8) is 0 Å². The van der Waals surface area contributed by atoms with E-state index in [4.69, 9.17) is 5.73 Å². The molecular formula is C17H27N3O. The maximum Gasteiger partial charge on any atom is 0.243 e. The van der Waals surface area contributed by atoms with Crippen molar-refractivity contribution in [3.8, 4) is 0 Å². The fourth-order valence-electron chi connectivity index (χ4n) is 2.88. The van der Waals surface area contributed by atoms with Crippen molar-refractivity contribution in [2.24, 2.45) is 11.7 Å². The molecule has 1 amide bonds. The number of carbonyl (C=O) groups excluding carboxylic acids is 1. The minimum absolute atomic E-state index is 0.0118. The van der Waals surface area contributed by atoms with E-state index < -0.39 is 6.04 Å². The zero-order chi connectivity index (χ0) is 15.4. The molecule has 21 heavy (non-hydrogen) atoms. The molecule has 0 aliphatic carbocycles. The second-order valence-electron chi connectivity index (χ2n) is 6.35. The molecule has 1 aromatic rings. The minimum Gasteiger partial charge on any atom is -0.344 e. The summed E-state index contributed by atoms with van der Waals surface area (Å²) in [6.07, 6.45) is 2.32. The van der Waals surface area contributed by atoms with Crippen molar-refractivity contribution in [2.75, 3.05) is 33.7 Å². The van der Waals surface area contributed by atoms with Crippen LogP contribution < -0.4 is 5.73 Å². The summed E-state index contributed by atoms with van der Waals surface area (Å²) >= 11 is 0. The van der Waals surface area contributed by atoms with E-state index in [1.54, 1.807) is 4.90 Å². The summed E-state index contributed by atoms with van der Waals surface area (Å²) in [7, 11) is 4.02. The van der Waals surface area contributed by atoms with E-state index >= 15 is 0 Å². The number of carbonyl (C=O) groups is 1. The topological polar surface area (TPSA) is 49.6 Å². The lowest BCUT2D eigenvalue weighted by atomic mass is 9.96. The smallest absolute Gasteiger partial charge is 0.243 e. The number of likely N-dealkylation sites (tertiary alicyclic amines) is 1. The van der Waals surface area contributed by atoms with Gasteiger partial charge >= 0.3 is 0 Å². The summed E-state index contributed by atoms with van der Waals surface area (Å²) in [5.41, 5.74) is 8.19. The number of benzene rings is 1. The summed E-state index contributed by atoms with van der Waals surface area (Å²) in [6, 6.07) is 7.34. The third-order valence-corrected chi connectivity index (χ3v) is 4.45. The molecule has 1 saturated heterocycles. The molecule has 4 nitrogen and oxygen atoms in total. The van der Waals surface area contributed by atoms with Gasteiger partial charge in [-0.25, -0.2) is 0 Å². The molecule has 1 unspecified atom stereocenters. The number of nitrogens with zero attached hydrogens (tertiary/aromatic N) is 2. The Bertz CT molecular complexity index is 463. The van der Waals surface area contributed by atoms with Crippen molar-refractivity contribution >= 4 is 5.91 Å². The minimum atomic E-state index is -0.554. The SMILES string of the molecule is Cc1ccc(C(N)C(=O)N(C)CC2CCN(C)CC2)cc1. The highest BCUT2D eigenvalue weighted by Gasteiger charge is 2.24. The van der Waals surface area contributed by atoms with Crippen molar-refractivity contribution < 1.29 is 4.79 Å². The molecule has 1 aliphatic heterocycles. The van der Waals surface area contributed by atoms with Crippen molar-refractivity contribution in [3.05, 3.63) is 35.4 Å². The second-order valence-corrected chi connectivity index (χ2v) is 6.35. The first-order chi connectivity index (χ1) is 9.97. The zero-order valence-corrected chi connectivity index (χ0v) is 13.4. The molecule has 0 saturated carbocycles. The van der Waals surface area contributed by atoms with Crippen molar-refractivity contribution in [1.29, 1.82) is 0 Å². The maximum atomic E-state index is 12.5. The first kappa shape index (κ1) is 16.0. The number of aryl methyl sites for hydroxylation is 1. The molecule has 1 fully saturated rings. The van der Waals surface area contributed by atoms with E-state index in [0.29, 0.717) is 5.92 Å². The Balaban J connectivity index is 1.90. The van der Waals surface area contributed by atoms with Gasteiger partial charge in [-0.05, 0) is 51.4 Å². The predicted molar refractivity (Wildman–Crippen MR) is 86.0 cm³/mol. The average Bonchev–Trinajstić information content (AvgIpc) is 2.49. The number of piperidine rings is 1. The molecule has 0 spiro atoms. The lowest BCUT2D eigenvalue weighted by Crippen LogP contribution is -2.41. The van der Waals surface area contributed by atoms with Gasteiger partial charge in [-0.3, -0.25) is 4.79 Å². The van der Waals surface area contributed by atoms with E-state index in [9.17, 15) is 4.79 Å². The molecule has 1 aliphatic rings. The lowest BCUT2D eigenvalue weighted by Gasteiger charge is -2.32. The van der Waals surface area contributed by atoms with Crippen LogP contribution in [0.3, 0.4) is 0 Å². The van der Waals surface area contributed by atoms with Crippen LogP contribution in [0.4, 0.5) is 0 Å². The normalized spacial score (nSPS) is 18.5. The summed E-state index contributed by atoms with van der Waals surface area (Å²) in [6.45, 7) is 5.09. The highest BCUT2D eigenvalue weighted by atomic mass is 16.2. The van der Waals surface area contributed by atoms with Gasteiger partial charge in [0.2, 0.25) is 5.91 Å². The number of likely N-dealkylation sites (N-methyl/N-ethyl adjacent to an activating group) is 1. The fraction of sp³-hybridized carbons (Fsp3) is 0.588. The van der Waals surface area contributed by atoms with Crippen molar-refractivity contribution in [1.82, 2.24) is 9.80 Å². The average molecular weight is 289 g/mol. The molecule has 0 aromatic heterocycles. The van der Waals surface area contributed by atoms with Gasteiger partial charge in [0.05, 0.1) is 0 Å². The van der Waals surface area contributed by atoms with Gasteiger partial charge in [0.25, 0.3) is 0 Å². The van der Waals surface area contributed by atoms with Gasteiger partial charge in [0.1, 0.15) is 6.04 Å². The quantitative estimate of drug-likeness (QED) is 0.919. The largest absolute Gasteiger partial charge is 0.344 e. The molecule has 2 rings (SSSR count). The summed E-state index contributed by atoms with van der Waals surface area (Å²) < 4.78 is 0. The van der Waals surface area contributed by atoms with Gasteiger partial charge in [-0.2, -0.15) is 0 Å². The third kappa shape index (κ3) is 4.29. The van der Waals surface area contributed by atoms with Gasteiger partial charge < -0.3 is 15.5 Å². The summed E-state index contributed by atoms with van der Waals surface area (Å²) in [5, 5.41) is 0. The molecule has 4 heteroatoms. The number of hydrogen-bond donors (Lipinski definition) is 1. The van der Waals surface area contributed by atoms with E-state index in [1.165, 1.54) is 5.56 Å². The summed E-state index contributed by atoms with van der Waals surface area (Å²) in [5.74, 6) is 0.609. The first-order valence-electron chi connectivity index (χ1n) is 7.73. The van der Waals surface area contributed by atoms with Crippen molar-refractivity contribution in [2.45, 2.75) is 25.8 Å². The molecule has 0 bridgehead atoms. The Morgan fingerprint density at radius 3 is 2.48 bits per heavy atom. The van der Waals surface area contributed by atoms with Crippen LogP contribution in [0.2, 0.25) is 0 Å². The zero-order valence-electron chi connectivity index (χ0n) is 13.4. The Morgan fingerprint density at radius 2 is 1.90 bits per heavy atom. The van der Waals surface area contributed by atoms with Crippen LogP contribution in [0.15, 0.2) is 24.3 Å². The monoisotopic (exact) mass is 289 g/mol. The number of nitrogens with two attached hydrogens (primary N) is 1. The predicted octanol–water partition coefficient (Wildman–Crippen LogP) is 1.80. The van der Waals surface area contributed by atoms with Gasteiger partial charge in [0, 0.05) is 13.6 Å². The first-order valence-corrected chi connectivity index (χ1v) is 7.73. The summed E-state index contributed by atoms with van der Waals surface area (Å²) in [4.78, 5) is 16.6. The van der Waals surface area contributed by atoms with Crippen LogP contribution in [0, 0.1) is 12.8 Å². The molecule has 116 valence electrons. The molecule has 1 atom stereocenters. The molecule has 1 aromatic carbocycles. The maximum absolute atomic E-state index is 12.5. The van der Waals surface area contributed by atoms with Crippen LogP contribution in [0.1, 0.15) is 30.0 Å². The van der Waals surface area contributed by atoms with E-state index in [2.05, 4.69) is 11.9 Å². The number of hydrogen-bond acceptors (Lipinski definition) is 3. The second kappa shape index (κ2) is 7.05. The Labute approximate surface area is 127 Å². The number of amides is 1. The molecule has 1 heterocycles. The molecular weight excluding hydrogens is 262 g/mol. The highest BCUT2D eigenvalue weighted by molar-refractivity contribution is 5.82. The Hall–Kier alpha value is -1.39. The van der Waals surface area contributed by atoms with Gasteiger partial charge in [-0.1, -0.05) is 29.8 Å². The van der Waals surface area contributed by atoms with Crippen LogP contribution >= 0.6 is 0 Å². The van der Waals surface area contributed by atoms with Crippen LogP contribution in [0.25, 0.3) is 0 Å². The van der Waals surface area contributed by atoms with Gasteiger partial charge in [-0.15, -0.1) is 0 Å². The molecule has 2 N–H and O–H groups in total. The standard InChI is InChI=1S/C17H27N3O/c1-13-4-6-15(7-5-13)16(18)17(21)20(3)12-14-8-10-19(2)11-9-14/h4-7,14,16H,8-12,18H2,1-3H3. The van der Waals surface area contributed by atoms with E-state index in [-0.39, 0.29) is 5.91 Å². The fourth-order valence-corrected chi connectivity index (χ4v) is 2.88. The third-order valence-electron chi connectivity index (χ3n) is 4.45. The van der Waals surface area contributed by atoms with E-state index in [1.807, 2.05) is 38.2 Å². The van der Waals surface area contributed by atoms with Crippen LogP contribution in [-0.2, 0) is 4.79 Å². The van der Waals surface area contributed by atoms with Crippen LogP contribution in [-0.4, -0.2) is 49.4 Å². The highest BCUT2D eigenvalue weighted by Crippen LogP contribution is 2.19.